The van der Waals surface area contributed by atoms with E-state index < -0.39 is 24.9 Å². The van der Waals surface area contributed by atoms with Crippen molar-refractivity contribution >= 4 is 17.1 Å². The molecule has 0 saturated heterocycles. The van der Waals surface area contributed by atoms with Gasteiger partial charge >= 0.3 is 0 Å². The molecule has 0 fully saturated rings. The van der Waals surface area contributed by atoms with Gasteiger partial charge in [0.05, 0.1) is 6.61 Å². The Morgan fingerprint density at radius 3 is 2.09 bits per heavy atom. The first-order valence-corrected chi connectivity index (χ1v) is 3.57. The molecule has 0 aromatic rings. The zero-order valence-corrected chi connectivity index (χ0v) is 6.95. The number of hydrogen-bond donors (Lipinski definition) is 4. The van der Waals surface area contributed by atoms with Gasteiger partial charge in [0.25, 0.3) is 0 Å². The largest absolute Gasteiger partial charge is 0.394 e. The van der Waals surface area contributed by atoms with Crippen LogP contribution in [0.15, 0.2) is 0 Å². The minimum Gasteiger partial charge on any atom is -0.394 e. The third-order valence-electron chi connectivity index (χ3n) is 1.32. The third kappa shape index (κ3) is 3.22. The van der Waals surface area contributed by atoms with E-state index in [9.17, 15) is 0 Å². The first-order chi connectivity index (χ1) is 5.00. The molecule has 0 aliphatic carbocycles. The van der Waals surface area contributed by atoms with Gasteiger partial charge in [-0.05, 0) is 6.92 Å². The average molecular weight is 180 g/mol. The van der Waals surface area contributed by atoms with E-state index in [2.05, 4.69) is 12.2 Å². The van der Waals surface area contributed by atoms with E-state index in [0.29, 0.717) is 0 Å². The van der Waals surface area contributed by atoms with Crippen LogP contribution in [0, 0.1) is 0 Å². The van der Waals surface area contributed by atoms with Crippen LogP contribution in [0.25, 0.3) is 0 Å². The van der Waals surface area contributed by atoms with E-state index in [4.69, 9.17) is 20.4 Å². The van der Waals surface area contributed by atoms with Gasteiger partial charge in [-0.1, -0.05) is 12.2 Å². The van der Waals surface area contributed by atoms with Crippen LogP contribution in [0.5, 0.6) is 0 Å². The van der Waals surface area contributed by atoms with E-state index in [-0.39, 0.29) is 4.86 Å². The Balaban J connectivity index is 4.00. The summed E-state index contributed by atoms with van der Waals surface area (Å²) in [4.78, 5) is 0.185. The van der Waals surface area contributed by atoms with Gasteiger partial charge in [-0.3, -0.25) is 0 Å². The summed E-state index contributed by atoms with van der Waals surface area (Å²) >= 11 is 4.56. The van der Waals surface area contributed by atoms with Crippen LogP contribution in [-0.4, -0.2) is 50.2 Å². The third-order valence-corrected chi connectivity index (χ3v) is 1.56. The summed E-state index contributed by atoms with van der Waals surface area (Å²) in [5.74, 6) is 0. The number of thiocarbonyl (C=S) groups is 1. The van der Waals surface area contributed by atoms with Gasteiger partial charge in [0.15, 0.2) is 0 Å². The second-order valence-electron chi connectivity index (χ2n) is 2.30. The predicted octanol–water partition coefficient (Wildman–Crippen LogP) is -1.55. The highest BCUT2D eigenvalue weighted by Crippen LogP contribution is 2.01. The fourth-order valence-corrected chi connectivity index (χ4v) is 0.698. The molecule has 0 saturated carbocycles. The number of rotatable bonds is 4. The van der Waals surface area contributed by atoms with Crippen LogP contribution in [0.1, 0.15) is 6.92 Å². The Kier molecular flexibility index (Phi) is 4.71. The molecule has 11 heavy (non-hydrogen) atoms. The average Bonchev–Trinajstić information content (AvgIpc) is 2.00. The number of hydrogen-bond acceptors (Lipinski definition) is 5. The number of aliphatic hydroxyl groups is 4. The Hall–Kier alpha value is -0.0700. The predicted molar refractivity (Wildman–Crippen MR) is 43.4 cm³/mol. The molecule has 0 amide bonds. The molecule has 0 aliphatic rings. The van der Waals surface area contributed by atoms with Crippen molar-refractivity contribution in [3.05, 3.63) is 0 Å². The summed E-state index contributed by atoms with van der Waals surface area (Å²) < 4.78 is 0. The summed E-state index contributed by atoms with van der Waals surface area (Å²) in [6.45, 7) is 0.855. The van der Waals surface area contributed by atoms with Crippen LogP contribution >= 0.6 is 12.2 Å². The lowest BCUT2D eigenvalue weighted by Gasteiger charge is -2.20. The lowest BCUT2D eigenvalue weighted by Crippen LogP contribution is -2.42. The van der Waals surface area contributed by atoms with Crippen LogP contribution in [0.4, 0.5) is 0 Å². The fraction of sp³-hybridized carbons (Fsp3) is 0.833. The second kappa shape index (κ2) is 4.74. The van der Waals surface area contributed by atoms with Gasteiger partial charge in [-0.2, -0.15) is 0 Å². The standard InChI is InChI=1S/C6H12O4S/c1-3(11)5(9)6(10)4(8)2-7/h4-10H,2H2,1H3/t4-,5+,6+/m1/s1. The Labute approximate surface area is 70.1 Å². The maximum Gasteiger partial charge on any atom is 0.113 e. The van der Waals surface area contributed by atoms with Crippen molar-refractivity contribution in [3.8, 4) is 0 Å². The molecule has 0 heterocycles. The second-order valence-corrected chi connectivity index (χ2v) is 2.94. The lowest BCUT2D eigenvalue weighted by molar-refractivity contribution is -0.0549. The normalized spacial score (nSPS) is 19.0. The van der Waals surface area contributed by atoms with Gasteiger partial charge in [0, 0.05) is 4.86 Å². The zero-order valence-electron chi connectivity index (χ0n) is 6.14. The van der Waals surface area contributed by atoms with E-state index in [1.807, 2.05) is 0 Å². The molecule has 0 unspecified atom stereocenters. The van der Waals surface area contributed by atoms with Crippen LogP contribution in [-0.2, 0) is 0 Å². The van der Waals surface area contributed by atoms with Crippen LogP contribution in [0.3, 0.4) is 0 Å². The molecule has 66 valence electrons. The van der Waals surface area contributed by atoms with Gasteiger partial charge < -0.3 is 20.4 Å². The monoisotopic (exact) mass is 180 g/mol. The molecular formula is C6H12O4S. The molecule has 4 N–H and O–H groups in total. The Morgan fingerprint density at radius 2 is 1.82 bits per heavy atom. The zero-order chi connectivity index (χ0) is 9.02. The van der Waals surface area contributed by atoms with Crippen LogP contribution in [0.2, 0.25) is 0 Å². The summed E-state index contributed by atoms with van der Waals surface area (Å²) in [7, 11) is 0. The summed E-state index contributed by atoms with van der Waals surface area (Å²) in [6, 6.07) is 0. The topological polar surface area (TPSA) is 80.9 Å². The Bertz CT molecular complexity index is 139. The highest BCUT2D eigenvalue weighted by Gasteiger charge is 2.24. The maximum atomic E-state index is 9.03. The first-order valence-electron chi connectivity index (χ1n) is 3.16. The SMILES string of the molecule is CC(=S)[C@H](O)[C@@H](O)[C@H](O)CO. The van der Waals surface area contributed by atoms with Gasteiger partial charge in [0.2, 0.25) is 0 Å². The van der Waals surface area contributed by atoms with E-state index in [1.165, 1.54) is 6.92 Å². The minimum atomic E-state index is -1.41. The van der Waals surface area contributed by atoms with Gasteiger partial charge in [-0.25, -0.2) is 0 Å². The minimum absolute atomic E-state index is 0.185. The lowest BCUT2D eigenvalue weighted by atomic mass is 10.1. The fourth-order valence-electron chi connectivity index (χ4n) is 0.559. The quantitative estimate of drug-likeness (QED) is 0.394. The molecular weight excluding hydrogens is 168 g/mol. The highest BCUT2D eigenvalue weighted by molar-refractivity contribution is 7.80. The summed E-state index contributed by atoms with van der Waals surface area (Å²) in [6.07, 6.45) is -4.01. The van der Waals surface area contributed by atoms with Gasteiger partial charge in [0.1, 0.15) is 18.3 Å². The van der Waals surface area contributed by atoms with Crippen molar-refractivity contribution < 1.29 is 20.4 Å². The maximum absolute atomic E-state index is 9.03. The highest BCUT2D eigenvalue weighted by atomic mass is 32.1. The molecule has 0 rings (SSSR count). The van der Waals surface area contributed by atoms with E-state index in [0.717, 1.165) is 0 Å². The van der Waals surface area contributed by atoms with Crippen molar-refractivity contribution in [2.75, 3.05) is 6.61 Å². The smallest absolute Gasteiger partial charge is 0.113 e. The molecule has 0 aliphatic heterocycles. The molecule has 0 aromatic carbocycles. The van der Waals surface area contributed by atoms with Crippen molar-refractivity contribution in [3.63, 3.8) is 0 Å². The molecule has 0 aromatic heterocycles. The molecule has 3 atom stereocenters. The van der Waals surface area contributed by atoms with Crippen molar-refractivity contribution in [2.24, 2.45) is 0 Å². The van der Waals surface area contributed by atoms with E-state index >= 15 is 0 Å². The molecule has 0 spiro atoms. The number of aliphatic hydroxyl groups excluding tert-OH is 4. The van der Waals surface area contributed by atoms with E-state index in [1.54, 1.807) is 0 Å². The molecule has 5 heteroatoms. The van der Waals surface area contributed by atoms with Crippen molar-refractivity contribution in [1.29, 1.82) is 0 Å². The van der Waals surface area contributed by atoms with Crippen molar-refractivity contribution in [2.45, 2.75) is 25.2 Å². The molecule has 0 radical (unpaired) electrons. The van der Waals surface area contributed by atoms with Gasteiger partial charge in [-0.15, -0.1) is 0 Å². The van der Waals surface area contributed by atoms with Crippen LogP contribution < -0.4 is 0 Å². The first kappa shape index (κ1) is 10.9. The molecule has 0 bridgehead atoms. The summed E-state index contributed by atoms with van der Waals surface area (Å²) in [5.41, 5.74) is 0. The molecule has 4 nitrogen and oxygen atoms in total. The van der Waals surface area contributed by atoms with Crippen molar-refractivity contribution in [1.82, 2.24) is 0 Å². The Morgan fingerprint density at radius 1 is 1.36 bits per heavy atom. The summed E-state index contributed by atoms with van der Waals surface area (Å²) in [5, 5.41) is 35.2.